The zero-order valence-corrected chi connectivity index (χ0v) is 13.5. The third kappa shape index (κ3) is 4.28. The first-order valence-electron chi connectivity index (χ1n) is 7.58. The lowest BCUT2D eigenvalue weighted by Crippen LogP contribution is -2.43. The maximum atomic E-state index is 12.2. The van der Waals surface area contributed by atoms with Crippen molar-refractivity contribution in [3.63, 3.8) is 0 Å². The number of aliphatic hydroxyl groups excluding tert-OH is 1. The maximum absolute atomic E-state index is 12.2. The predicted molar refractivity (Wildman–Crippen MR) is 81.1 cm³/mol. The van der Waals surface area contributed by atoms with E-state index < -0.39 is 0 Å². The topological polar surface area (TPSA) is 87.4 Å². The van der Waals surface area contributed by atoms with Gasteiger partial charge in [0, 0.05) is 18.7 Å². The summed E-state index contributed by atoms with van der Waals surface area (Å²) < 4.78 is 4.94. The number of carbonyl (C=O) groups is 1. The highest BCUT2D eigenvalue weighted by molar-refractivity contribution is 5.93. The normalized spacial score (nSPS) is 11.7. The number of carbonyl (C=O) groups excluding carboxylic acids is 1. The van der Waals surface area contributed by atoms with Crippen LogP contribution in [0.2, 0.25) is 0 Å². The smallest absolute Gasteiger partial charge is 0.273 e. The van der Waals surface area contributed by atoms with Gasteiger partial charge in [0.25, 0.3) is 5.91 Å². The second kappa shape index (κ2) is 8.14. The Morgan fingerprint density at radius 3 is 2.43 bits per heavy atom. The van der Waals surface area contributed by atoms with Crippen molar-refractivity contribution in [1.29, 1.82) is 0 Å². The van der Waals surface area contributed by atoms with Crippen molar-refractivity contribution in [2.75, 3.05) is 19.6 Å². The van der Waals surface area contributed by atoms with Crippen LogP contribution in [0, 0.1) is 12.3 Å². The van der Waals surface area contributed by atoms with E-state index in [1.807, 2.05) is 0 Å². The summed E-state index contributed by atoms with van der Waals surface area (Å²) in [6.07, 6.45) is 1.97. The molecule has 1 aromatic rings. The molecule has 0 aliphatic rings. The average molecular weight is 297 g/mol. The van der Waals surface area contributed by atoms with Crippen molar-refractivity contribution >= 4 is 5.91 Å². The summed E-state index contributed by atoms with van der Waals surface area (Å²) in [7, 11) is 0. The van der Waals surface area contributed by atoms with E-state index >= 15 is 0 Å². The van der Waals surface area contributed by atoms with E-state index in [9.17, 15) is 4.79 Å². The molecule has 0 aromatic carbocycles. The second-order valence-electron chi connectivity index (χ2n) is 5.41. The number of aromatic nitrogens is 1. The monoisotopic (exact) mass is 297 g/mol. The Morgan fingerprint density at radius 2 is 1.95 bits per heavy atom. The van der Waals surface area contributed by atoms with Crippen molar-refractivity contribution in [2.24, 2.45) is 5.41 Å². The molecule has 120 valence electrons. The highest BCUT2D eigenvalue weighted by Crippen LogP contribution is 2.24. The number of amides is 1. The minimum absolute atomic E-state index is 0.0448. The van der Waals surface area contributed by atoms with Gasteiger partial charge < -0.3 is 20.3 Å². The Hall–Kier alpha value is -1.40. The summed E-state index contributed by atoms with van der Waals surface area (Å²) in [5.74, 6) is 0.0868. The van der Waals surface area contributed by atoms with Gasteiger partial charge in [-0.05, 0) is 31.7 Å². The highest BCUT2D eigenvalue weighted by Gasteiger charge is 2.27. The lowest BCUT2D eigenvalue weighted by molar-refractivity contribution is 0.0915. The molecule has 0 bridgehead atoms. The summed E-state index contributed by atoms with van der Waals surface area (Å²) >= 11 is 0. The van der Waals surface area contributed by atoms with Crippen LogP contribution in [0.25, 0.3) is 0 Å². The van der Waals surface area contributed by atoms with Crippen LogP contribution in [0.4, 0.5) is 0 Å². The minimum atomic E-state index is -0.251. The van der Waals surface area contributed by atoms with E-state index in [4.69, 9.17) is 9.63 Å². The molecular formula is C15H27N3O3. The van der Waals surface area contributed by atoms with Crippen LogP contribution in [0.3, 0.4) is 0 Å². The number of rotatable bonds is 9. The Morgan fingerprint density at radius 1 is 1.29 bits per heavy atom. The van der Waals surface area contributed by atoms with Crippen molar-refractivity contribution in [3.8, 4) is 0 Å². The molecular weight excluding hydrogens is 270 g/mol. The fourth-order valence-electron chi connectivity index (χ4n) is 2.28. The third-order valence-corrected chi connectivity index (χ3v) is 4.25. The molecule has 0 atom stereocenters. The molecule has 0 aliphatic carbocycles. The van der Waals surface area contributed by atoms with Crippen LogP contribution in [0.15, 0.2) is 4.52 Å². The largest absolute Gasteiger partial charge is 0.388 e. The van der Waals surface area contributed by atoms with Crippen LogP contribution in [0.1, 0.15) is 55.4 Å². The van der Waals surface area contributed by atoms with Crippen molar-refractivity contribution in [3.05, 3.63) is 17.0 Å². The van der Waals surface area contributed by atoms with Crippen LogP contribution in [0.5, 0.6) is 0 Å². The molecule has 0 radical (unpaired) electrons. The molecule has 21 heavy (non-hydrogen) atoms. The molecule has 0 unspecified atom stereocenters. The molecule has 0 saturated heterocycles. The number of nitrogens with one attached hydrogen (secondary N) is 2. The van der Waals surface area contributed by atoms with Gasteiger partial charge in [-0.3, -0.25) is 4.79 Å². The first-order valence-corrected chi connectivity index (χ1v) is 7.58. The third-order valence-electron chi connectivity index (χ3n) is 4.25. The van der Waals surface area contributed by atoms with Gasteiger partial charge in [0.05, 0.1) is 0 Å². The second-order valence-corrected chi connectivity index (χ2v) is 5.41. The summed E-state index contributed by atoms with van der Waals surface area (Å²) in [4.78, 5) is 12.2. The zero-order chi connectivity index (χ0) is 15.9. The molecule has 1 rings (SSSR count). The first-order chi connectivity index (χ1) is 10.0. The molecule has 6 nitrogen and oxygen atoms in total. The zero-order valence-electron chi connectivity index (χ0n) is 13.5. The average Bonchev–Trinajstić information content (AvgIpc) is 2.89. The molecule has 0 aliphatic heterocycles. The summed E-state index contributed by atoms with van der Waals surface area (Å²) in [6.45, 7) is 10.2. The molecule has 1 aromatic heterocycles. The van der Waals surface area contributed by atoms with Crippen molar-refractivity contribution in [1.82, 2.24) is 15.8 Å². The molecule has 1 heterocycles. The van der Waals surface area contributed by atoms with E-state index in [1.165, 1.54) is 0 Å². The molecule has 6 heteroatoms. The van der Waals surface area contributed by atoms with Crippen LogP contribution in [-0.4, -0.2) is 35.8 Å². The number of hydrogen-bond acceptors (Lipinski definition) is 5. The first kappa shape index (κ1) is 17.7. The molecule has 0 fully saturated rings. The van der Waals surface area contributed by atoms with Crippen molar-refractivity contribution in [2.45, 2.75) is 47.1 Å². The Balaban J connectivity index is 2.70. The van der Waals surface area contributed by atoms with Gasteiger partial charge in [-0.15, -0.1) is 0 Å². The van der Waals surface area contributed by atoms with Crippen LogP contribution in [-0.2, 0) is 6.61 Å². The minimum Gasteiger partial charge on any atom is -0.388 e. The van der Waals surface area contributed by atoms with Gasteiger partial charge in [-0.1, -0.05) is 25.9 Å². The maximum Gasteiger partial charge on any atom is 0.273 e. The Bertz CT molecular complexity index is 453. The number of aliphatic hydroxyl groups is 1. The van der Waals surface area contributed by atoms with Gasteiger partial charge in [0.2, 0.25) is 0 Å². The van der Waals surface area contributed by atoms with Gasteiger partial charge in [-0.2, -0.15) is 0 Å². The highest BCUT2D eigenvalue weighted by atomic mass is 16.5. The van der Waals surface area contributed by atoms with Crippen molar-refractivity contribution < 1.29 is 14.4 Å². The van der Waals surface area contributed by atoms with E-state index in [0.29, 0.717) is 17.9 Å². The lowest BCUT2D eigenvalue weighted by atomic mass is 9.82. The van der Waals surface area contributed by atoms with Crippen LogP contribution >= 0.6 is 0 Å². The van der Waals surface area contributed by atoms with Gasteiger partial charge in [-0.25, -0.2) is 0 Å². The molecule has 3 N–H and O–H groups in total. The van der Waals surface area contributed by atoms with Gasteiger partial charge in [0.15, 0.2) is 11.5 Å². The number of nitrogens with zero attached hydrogens (tertiary/aromatic N) is 1. The van der Waals surface area contributed by atoms with E-state index in [0.717, 1.165) is 25.9 Å². The predicted octanol–water partition coefficient (Wildman–Crippen LogP) is 1.62. The lowest BCUT2D eigenvalue weighted by Gasteiger charge is -2.32. The summed E-state index contributed by atoms with van der Waals surface area (Å²) in [5.41, 5.74) is 0.896. The fraction of sp³-hybridized carbons (Fsp3) is 0.733. The van der Waals surface area contributed by atoms with Gasteiger partial charge in [0.1, 0.15) is 6.61 Å². The van der Waals surface area contributed by atoms with Crippen LogP contribution < -0.4 is 10.6 Å². The number of hydrogen-bond donors (Lipinski definition) is 3. The molecule has 0 saturated carbocycles. The summed E-state index contributed by atoms with van der Waals surface area (Å²) in [6, 6.07) is 0. The summed E-state index contributed by atoms with van der Waals surface area (Å²) in [5, 5.41) is 19.1. The quantitative estimate of drug-likeness (QED) is 0.645. The van der Waals surface area contributed by atoms with E-state index in [1.54, 1.807) is 6.92 Å². The Kier molecular flexibility index (Phi) is 6.84. The SMILES string of the molecule is CCNCC(CC)(CC)CNC(=O)c1noc(CO)c1C. The molecule has 1 amide bonds. The van der Waals surface area contributed by atoms with Gasteiger partial charge >= 0.3 is 0 Å². The van der Waals surface area contributed by atoms with E-state index in [2.05, 4.69) is 36.6 Å². The standard InChI is InChI=1S/C15H27N3O3/c1-5-15(6-2,9-16-7-3)10-17-14(20)13-11(4)12(8-19)21-18-13/h16,19H,5-10H2,1-4H3,(H,17,20). The fourth-order valence-corrected chi connectivity index (χ4v) is 2.28. The van der Waals surface area contributed by atoms with E-state index in [-0.39, 0.29) is 23.6 Å². The molecule has 0 spiro atoms. The Labute approximate surface area is 126 Å².